The van der Waals surface area contributed by atoms with E-state index in [1.54, 1.807) is 36.0 Å². The van der Waals surface area contributed by atoms with Crippen LogP contribution >= 0.6 is 11.8 Å². The number of sulfonamides is 1. The summed E-state index contributed by atoms with van der Waals surface area (Å²) in [4.78, 5) is 0.283. The number of nitrogens with one attached hydrogen (secondary N) is 1. The van der Waals surface area contributed by atoms with E-state index in [0.29, 0.717) is 0 Å². The Balaban J connectivity index is 2.77. The predicted molar refractivity (Wildman–Crippen MR) is 81.8 cm³/mol. The second kappa shape index (κ2) is 7.28. The maximum atomic E-state index is 12.1. The molecule has 0 fully saturated rings. The van der Waals surface area contributed by atoms with E-state index in [2.05, 4.69) is 11.6 Å². The van der Waals surface area contributed by atoms with Crippen LogP contribution in [-0.2, 0) is 10.0 Å². The van der Waals surface area contributed by atoms with Gasteiger partial charge in [0.2, 0.25) is 10.0 Å². The number of nitrogens with two attached hydrogens (primary N) is 1. The Bertz CT molecular complexity index is 484. The van der Waals surface area contributed by atoms with Gasteiger partial charge in [-0.15, -0.1) is 0 Å². The van der Waals surface area contributed by atoms with Crippen molar-refractivity contribution in [1.29, 1.82) is 0 Å². The summed E-state index contributed by atoms with van der Waals surface area (Å²) in [5.74, 6) is 1.75. The van der Waals surface area contributed by atoms with Crippen molar-refractivity contribution >= 4 is 21.8 Å². The molecule has 2 unspecified atom stereocenters. The van der Waals surface area contributed by atoms with Crippen LogP contribution in [0.5, 0.6) is 0 Å². The maximum absolute atomic E-state index is 12.1. The third-order valence-electron chi connectivity index (χ3n) is 2.64. The quantitative estimate of drug-likeness (QED) is 0.809. The van der Waals surface area contributed by atoms with E-state index in [-0.39, 0.29) is 17.0 Å². The molecule has 0 aliphatic rings. The molecule has 0 bridgehead atoms. The zero-order chi connectivity index (χ0) is 14.5. The van der Waals surface area contributed by atoms with Crippen molar-refractivity contribution in [1.82, 2.24) is 4.72 Å². The highest BCUT2D eigenvalue weighted by Gasteiger charge is 2.17. The van der Waals surface area contributed by atoms with Crippen LogP contribution in [0.1, 0.15) is 32.4 Å². The van der Waals surface area contributed by atoms with Gasteiger partial charge in [0.1, 0.15) is 0 Å². The summed E-state index contributed by atoms with van der Waals surface area (Å²) in [7, 11) is -3.44. The van der Waals surface area contributed by atoms with Crippen molar-refractivity contribution in [2.45, 2.75) is 37.8 Å². The van der Waals surface area contributed by atoms with Gasteiger partial charge in [-0.3, -0.25) is 0 Å². The lowest BCUT2D eigenvalue weighted by atomic mass is 10.1. The summed E-state index contributed by atoms with van der Waals surface area (Å²) in [6, 6.07) is 6.53. The second-order valence-electron chi connectivity index (χ2n) is 4.54. The predicted octanol–water partition coefficient (Wildman–Crippen LogP) is 2.13. The highest BCUT2D eigenvalue weighted by molar-refractivity contribution is 7.99. The van der Waals surface area contributed by atoms with Crippen molar-refractivity contribution < 1.29 is 8.42 Å². The smallest absolute Gasteiger partial charge is 0.240 e. The normalized spacial score (nSPS) is 15.2. The zero-order valence-corrected chi connectivity index (χ0v) is 13.2. The van der Waals surface area contributed by atoms with Gasteiger partial charge in [0, 0.05) is 17.8 Å². The first-order valence-corrected chi connectivity index (χ1v) is 8.96. The molecule has 1 rings (SSSR count). The molecule has 0 amide bonds. The maximum Gasteiger partial charge on any atom is 0.240 e. The van der Waals surface area contributed by atoms with E-state index in [1.165, 1.54) is 0 Å². The van der Waals surface area contributed by atoms with Crippen molar-refractivity contribution in [2.75, 3.05) is 11.5 Å². The third-order valence-corrected chi connectivity index (χ3v) is 5.39. The molecular weight excluding hydrogens is 280 g/mol. The molecular formula is C13H22N2O2S2. The number of hydrogen-bond acceptors (Lipinski definition) is 4. The molecule has 4 nitrogen and oxygen atoms in total. The minimum atomic E-state index is -3.44. The molecule has 0 radical (unpaired) electrons. The Morgan fingerprint density at radius 3 is 2.32 bits per heavy atom. The van der Waals surface area contributed by atoms with Crippen molar-refractivity contribution in [3.05, 3.63) is 29.8 Å². The summed E-state index contributed by atoms with van der Waals surface area (Å²) < 4.78 is 26.9. The molecule has 0 aliphatic heterocycles. The van der Waals surface area contributed by atoms with Crippen LogP contribution in [-0.4, -0.2) is 26.0 Å². The van der Waals surface area contributed by atoms with E-state index in [0.717, 1.165) is 17.1 Å². The summed E-state index contributed by atoms with van der Waals surface area (Å²) in [5.41, 5.74) is 6.67. The highest BCUT2D eigenvalue weighted by Crippen LogP contribution is 2.15. The van der Waals surface area contributed by atoms with Crippen LogP contribution in [0.4, 0.5) is 0 Å². The standard InChI is InChI=1S/C13H22N2O2S2/c1-4-18-9-10(2)15-19(16,17)13-7-5-12(6-8-13)11(3)14/h5-8,10-11,15H,4,9,14H2,1-3H3. The largest absolute Gasteiger partial charge is 0.324 e. The monoisotopic (exact) mass is 302 g/mol. The number of rotatable bonds is 7. The van der Waals surface area contributed by atoms with Crippen LogP contribution in [0.2, 0.25) is 0 Å². The molecule has 0 aliphatic carbocycles. The molecule has 1 aromatic rings. The van der Waals surface area contributed by atoms with E-state index >= 15 is 0 Å². The first-order valence-electron chi connectivity index (χ1n) is 6.32. The lowest BCUT2D eigenvalue weighted by molar-refractivity contribution is 0.571. The molecule has 3 N–H and O–H groups in total. The van der Waals surface area contributed by atoms with Gasteiger partial charge in [-0.05, 0) is 37.3 Å². The molecule has 0 heterocycles. The Morgan fingerprint density at radius 2 is 1.84 bits per heavy atom. The fourth-order valence-electron chi connectivity index (χ4n) is 1.61. The van der Waals surface area contributed by atoms with Gasteiger partial charge in [-0.1, -0.05) is 19.1 Å². The summed E-state index contributed by atoms with van der Waals surface area (Å²) >= 11 is 1.71. The van der Waals surface area contributed by atoms with Crippen LogP contribution in [0.15, 0.2) is 29.2 Å². The summed E-state index contributed by atoms with van der Waals surface area (Å²) in [6.45, 7) is 5.79. The van der Waals surface area contributed by atoms with Gasteiger partial charge in [0.15, 0.2) is 0 Å². The van der Waals surface area contributed by atoms with Crippen LogP contribution in [0.3, 0.4) is 0 Å². The van der Waals surface area contributed by atoms with Gasteiger partial charge in [0.25, 0.3) is 0 Å². The van der Waals surface area contributed by atoms with Crippen LogP contribution in [0, 0.1) is 0 Å². The fourth-order valence-corrected chi connectivity index (χ4v) is 3.63. The summed E-state index contributed by atoms with van der Waals surface area (Å²) in [5, 5.41) is 0. The van der Waals surface area contributed by atoms with E-state index in [9.17, 15) is 8.42 Å². The molecule has 0 saturated carbocycles. The second-order valence-corrected chi connectivity index (χ2v) is 7.57. The number of hydrogen-bond donors (Lipinski definition) is 2. The lowest BCUT2D eigenvalue weighted by Gasteiger charge is -2.14. The Labute approximate surface area is 120 Å². The molecule has 0 saturated heterocycles. The van der Waals surface area contributed by atoms with Crippen molar-refractivity contribution in [2.24, 2.45) is 5.73 Å². The average molecular weight is 302 g/mol. The molecule has 108 valence electrons. The first-order chi connectivity index (χ1) is 8.86. The van der Waals surface area contributed by atoms with Gasteiger partial charge in [-0.2, -0.15) is 11.8 Å². The molecule has 6 heteroatoms. The zero-order valence-electron chi connectivity index (χ0n) is 11.6. The van der Waals surface area contributed by atoms with E-state index < -0.39 is 10.0 Å². The van der Waals surface area contributed by atoms with Crippen molar-refractivity contribution in [3.63, 3.8) is 0 Å². The van der Waals surface area contributed by atoms with E-state index in [1.807, 2.05) is 13.8 Å². The van der Waals surface area contributed by atoms with Crippen LogP contribution < -0.4 is 10.5 Å². The van der Waals surface area contributed by atoms with Gasteiger partial charge in [0.05, 0.1) is 4.90 Å². The molecule has 0 aromatic heterocycles. The lowest BCUT2D eigenvalue weighted by Crippen LogP contribution is -2.34. The van der Waals surface area contributed by atoms with Crippen LogP contribution in [0.25, 0.3) is 0 Å². The molecule has 19 heavy (non-hydrogen) atoms. The Morgan fingerprint density at radius 1 is 1.26 bits per heavy atom. The van der Waals surface area contributed by atoms with Crippen molar-refractivity contribution in [3.8, 4) is 0 Å². The SMILES string of the molecule is CCSCC(C)NS(=O)(=O)c1ccc(C(C)N)cc1. The minimum absolute atomic E-state index is 0.0805. The molecule has 0 spiro atoms. The van der Waals surface area contributed by atoms with E-state index in [4.69, 9.17) is 5.73 Å². The molecule has 1 aromatic carbocycles. The first kappa shape index (κ1) is 16.5. The van der Waals surface area contributed by atoms with Gasteiger partial charge in [-0.25, -0.2) is 13.1 Å². The third kappa shape index (κ3) is 5.14. The summed E-state index contributed by atoms with van der Waals surface area (Å²) in [6.07, 6.45) is 0. The molecule has 2 atom stereocenters. The average Bonchev–Trinajstić information content (AvgIpc) is 2.36. The van der Waals surface area contributed by atoms with Gasteiger partial charge < -0.3 is 5.73 Å². The minimum Gasteiger partial charge on any atom is -0.324 e. The highest BCUT2D eigenvalue weighted by atomic mass is 32.2. The van der Waals surface area contributed by atoms with Gasteiger partial charge >= 0.3 is 0 Å². The fraction of sp³-hybridized carbons (Fsp3) is 0.538. The topological polar surface area (TPSA) is 72.2 Å². The number of thioether (sulfide) groups is 1. The Kier molecular flexibility index (Phi) is 6.32. The Hall–Kier alpha value is -0.560. The number of benzene rings is 1.